The first-order valence-electron chi connectivity index (χ1n) is 10.2. The fourth-order valence-corrected chi connectivity index (χ4v) is 3.18. The zero-order valence-electron chi connectivity index (χ0n) is 18.1. The van der Waals surface area contributed by atoms with Gasteiger partial charge < -0.3 is 14.8 Å². The molecule has 0 bridgehead atoms. The summed E-state index contributed by atoms with van der Waals surface area (Å²) < 4.78 is 11.2. The molecule has 1 heterocycles. The van der Waals surface area contributed by atoms with Gasteiger partial charge in [0.05, 0.1) is 12.8 Å². The van der Waals surface area contributed by atoms with Gasteiger partial charge in [-0.3, -0.25) is 4.79 Å². The predicted octanol–water partition coefficient (Wildman–Crippen LogP) is 5.81. The van der Waals surface area contributed by atoms with Crippen molar-refractivity contribution in [1.29, 1.82) is 0 Å². The molecule has 4 aromatic rings. The summed E-state index contributed by atoms with van der Waals surface area (Å²) >= 11 is 0. The molecule has 6 heteroatoms. The molecule has 0 aliphatic heterocycles. The van der Waals surface area contributed by atoms with E-state index in [1.165, 1.54) is 11.9 Å². The summed E-state index contributed by atoms with van der Waals surface area (Å²) in [7, 11) is 1.59. The van der Waals surface area contributed by atoms with Crippen LogP contribution in [-0.4, -0.2) is 23.0 Å². The number of para-hydroxylation sites is 2. The smallest absolute Gasteiger partial charge is 0.255 e. The summed E-state index contributed by atoms with van der Waals surface area (Å²) in [6.07, 6.45) is 1.44. The molecule has 1 amide bonds. The van der Waals surface area contributed by atoms with Gasteiger partial charge in [0, 0.05) is 22.9 Å². The molecule has 1 aromatic heterocycles. The molecule has 6 nitrogen and oxygen atoms in total. The Morgan fingerprint density at radius 3 is 2.31 bits per heavy atom. The molecule has 0 saturated carbocycles. The van der Waals surface area contributed by atoms with Crippen LogP contribution >= 0.6 is 0 Å². The van der Waals surface area contributed by atoms with E-state index in [4.69, 9.17) is 9.47 Å². The van der Waals surface area contributed by atoms with Crippen LogP contribution in [-0.2, 0) is 0 Å². The molecule has 0 spiro atoms. The average Bonchev–Trinajstić information content (AvgIpc) is 2.82. The Balaban J connectivity index is 1.49. The third-order valence-electron chi connectivity index (χ3n) is 5.13. The zero-order chi connectivity index (χ0) is 22.5. The summed E-state index contributed by atoms with van der Waals surface area (Å²) in [5, 5.41) is 2.94. The third-order valence-corrected chi connectivity index (χ3v) is 5.13. The second-order valence-electron chi connectivity index (χ2n) is 7.32. The summed E-state index contributed by atoms with van der Waals surface area (Å²) in [5.74, 6) is 1.42. The summed E-state index contributed by atoms with van der Waals surface area (Å²) in [4.78, 5) is 21.1. The lowest BCUT2D eigenvalue weighted by atomic mass is 10.1. The predicted molar refractivity (Wildman–Crippen MR) is 124 cm³/mol. The van der Waals surface area contributed by atoms with Gasteiger partial charge in [0.25, 0.3) is 5.91 Å². The van der Waals surface area contributed by atoms with Crippen LogP contribution in [0.1, 0.15) is 21.5 Å². The lowest BCUT2D eigenvalue weighted by Gasteiger charge is -2.10. The van der Waals surface area contributed by atoms with E-state index in [0.717, 1.165) is 16.8 Å². The molecule has 0 unspecified atom stereocenters. The van der Waals surface area contributed by atoms with Crippen molar-refractivity contribution < 1.29 is 14.3 Å². The molecule has 3 aromatic carbocycles. The Hall–Kier alpha value is -4.19. The SMILES string of the molecule is COc1ccccc1Oc1cc(-c2ccc(C(=O)Nc3ccc(C)c(C)c3)cc2)ncn1. The summed E-state index contributed by atoms with van der Waals surface area (Å²) in [6.45, 7) is 4.06. The average molecular weight is 425 g/mol. The van der Waals surface area contributed by atoms with Crippen molar-refractivity contribution in [3.63, 3.8) is 0 Å². The Kier molecular flexibility index (Phi) is 6.12. The van der Waals surface area contributed by atoms with Crippen molar-refractivity contribution in [2.75, 3.05) is 12.4 Å². The van der Waals surface area contributed by atoms with Crippen LogP contribution in [0.5, 0.6) is 17.4 Å². The number of nitrogens with zero attached hydrogens (tertiary/aromatic N) is 2. The van der Waals surface area contributed by atoms with E-state index in [0.29, 0.717) is 28.6 Å². The van der Waals surface area contributed by atoms with Gasteiger partial charge in [-0.2, -0.15) is 0 Å². The van der Waals surface area contributed by atoms with Crippen LogP contribution in [0, 0.1) is 13.8 Å². The minimum absolute atomic E-state index is 0.164. The van der Waals surface area contributed by atoms with Gasteiger partial charge in [0.1, 0.15) is 6.33 Å². The molecule has 0 atom stereocenters. The molecule has 1 N–H and O–H groups in total. The molecule has 0 fully saturated rings. The molecule has 0 aliphatic rings. The number of anilines is 1. The number of nitrogens with one attached hydrogen (secondary N) is 1. The van der Waals surface area contributed by atoms with Crippen molar-refractivity contribution in [1.82, 2.24) is 9.97 Å². The maximum absolute atomic E-state index is 12.6. The first-order chi connectivity index (χ1) is 15.5. The molecular weight excluding hydrogens is 402 g/mol. The first-order valence-corrected chi connectivity index (χ1v) is 10.2. The summed E-state index contributed by atoms with van der Waals surface area (Å²) in [6, 6.07) is 22.2. The molecule has 0 aliphatic carbocycles. The van der Waals surface area contributed by atoms with E-state index in [2.05, 4.69) is 15.3 Å². The highest BCUT2D eigenvalue weighted by atomic mass is 16.5. The second kappa shape index (κ2) is 9.31. The Morgan fingerprint density at radius 1 is 0.844 bits per heavy atom. The van der Waals surface area contributed by atoms with E-state index in [-0.39, 0.29) is 5.91 Å². The van der Waals surface area contributed by atoms with Crippen molar-refractivity contribution in [3.05, 3.63) is 95.8 Å². The van der Waals surface area contributed by atoms with Gasteiger partial charge in [-0.1, -0.05) is 30.3 Å². The number of methoxy groups -OCH3 is 1. The van der Waals surface area contributed by atoms with Crippen molar-refractivity contribution in [3.8, 4) is 28.6 Å². The number of hydrogen-bond acceptors (Lipinski definition) is 5. The number of carbonyl (C=O) groups excluding carboxylic acids is 1. The standard InChI is InChI=1S/C26H23N3O3/c1-17-8-13-21(14-18(17)2)29-26(30)20-11-9-19(10-12-20)22-15-25(28-16-27-22)32-24-7-5-4-6-23(24)31-3/h4-16H,1-3H3,(H,29,30). The first kappa shape index (κ1) is 21.1. The topological polar surface area (TPSA) is 73.3 Å². The van der Waals surface area contributed by atoms with Crippen LogP contribution in [0.3, 0.4) is 0 Å². The number of aromatic nitrogens is 2. The minimum Gasteiger partial charge on any atom is -0.493 e. The van der Waals surface area contributed by atoms with E-state index in [9.17, 15) is 4.79 Å². The number of rotatable bonds is 6. The van der Waals surface area contributed by atoms with E-state index in [1.54, 1.807) is 25.3 Å². The minimum atomic E-state index is -0.164. The molecule has 0 saturated heterocycles. The normalized spacial score (nSPS) is 10.5. The number of ether oxygens (including phenoxy) is 2. The highest BCUT2D eigenvalue weighted by Crippen LogP contribution is 2.31. The maximum Gasteiger partial charge on any atom is 0.255 e. The number of amides is 1. The van der Waals surface area contributed by atoms with Crippen LogP contribution in [0.2, 0.25) is 0 Å². The quantitative estimate of drug-likeness (QED) is 0.422. The number of carbonyl (C=O) groups is 1. The number of aryl methyl sites for hydroxylation is 2. The number of hydrogen-bond donors (Lipinski definition) is 1. The molecule has 0 radical (unpaired) electrons. The molecule has 4 rings (SSSR count). The Bertz CT molecular complexity index is 1250. The van der Waals surface area contributed by atoms with Gasteiger partial charge in [-0.05, 0) is 61.4 Å². The fraction of sp³-hybridized carbons (Fsp3) is 0.115. The van der Waals surface area contributed by atoms with Gasteiger partial charge in [0.2, 0.25) is 5.88 Å². The highest BCUT2D eigenvalue weighted by molar-refractivity contribution is 6.04. The zero-order valence-corrected chi connectivity index (χ0v) is 18.1. The van der Waals surface area contributed by atoms with E-state index >= 15 is 0 Å². The third kappa shape index (κ3) is 4.75. The van der Waals surface area contributed by atoms with Crippen LogP contribution < -0.4 is 14.8 Å². The van der Waals surface area contributed by atoms with Crippen molar-refractivity contribution in [2.45, 2.75) is 13.8 Å². The van der Waals surface area contributed by atoms with E-state index < -0.39 is 0 Å². The van der Waals surface area contributed by atoms with Crippen LogP contribution in [0.4, 0.5) is 5.69 Å². The maximum atomic E-state index is 12.6. The van der Waals surface area contributed by atoms with Gasteiger partial charge in [-0.15, -0.1) is 0 Å². The summed E-state index contributed by atoms with van der Waals surface area (Å²) in [5.41, 5.74) is 5.19. The van der Waals surface area contributed by atoms with Crippen LogP contribution in [0.25, 0.3) is 11.3 Å². The monoisotopic (exact) mass is 425 g/mol. The number of benzene rings is 3. The lowest BCUT2D eigenvalue weighted by molar-refractivity contribution is 0.102. The second-order valence-corrected chi connectivity index (χ2v) is 7.32. The van der Waals surface area contributed by atoms with Gasteiger partial charge in [-0.25, -0.2) is 9.97 Å². The van der Waals surface area contributed by atoms with Crippen molar-refractivity contribution >= 4 is 11.6 Å². The van der Waals surface area contributed by atoms with E-state index in [1.807, 2.05) is 68.4 Å². The lowest BCUT2D eigenvalue weighted by Crippen LogP contribution is -2.11. The molecule has 32 heavy (non-hydrogen) atoms. The van der Waals surface area contributed by atoms with Gasteiger partial charge in [0.15, 0.2) is 11.5 Å². The Morgan fingerprint density at radius 2 is 1.59 bits per heavy atom. The van der Waals surface area contributed by atoms with Gasteiger partial charge >= 0.3 is 0 Å². The largest absolute Gasteiger partial charge is 0.493 e. The van der Waals surface area contributed by atoms with Crippen molar-refractivity contribution in [2.24, 2.45) is 0 Å². The molecule has 160 valence electrons. The Labute approximate surface area is 186 Å². The fourth-order valence-electron chi connectivity index (χ4n) is 3.18. The van der Waals surface area contributed by atoms with Crippen LogP contribution in [0.15, 0.2) is 79.1 Å². The molecular formula is C26H23N3O3. The highest BCUT2D eigenvalue weighted by Gasteiger charge is 2.10.